The van der Waals surface area contributed by atoms with Gasteiger partial charge in [0, 0.05) is 25.9 Å². The first-order chi connectivity index (χ1) is 1.91. The monoisotopic (exact) mass is 122 g/mol. The molecule has 0 radical (unpaired) electrons. The van der Waals surface area contributed by atoms with Gasteiger partial charge in [-0.2, -0.15) is 0 Å². The van der Waals surface area contributed by atoms with E-state index in [1.54, 1.807) is 0 Å². The molecule has 1 nitrogen and oxygen atoms in total. The summed E-state index contributed by atoms with van der Waals surface area (Å²) in [6.07, 6.45) is 1.51. The third kappa shape index (κ3) is 13.5. The first-order valence-corrected chi connectivity index (χ1v) is 1.35. The van der Waals surface area contributed by atoms with Crippen LogP contribution in [0.25, 0.3) is 0 Å². The Hall–Kier alpha value is 0.293. The molecule has 0 unspecified atom stereocenters. The van der Waals surface area contributed by atoms with Gasteiger partial charge in [0.25, 0.3) is 0 Å². The van der Waals surface area contributed by atoms with E-state index in [0.29, 0.717) is 6.42 Å². The Morgan fingerprint density at radius 1 is 1.80 bits per heavy atom. The summed E-state index contributed by atoms with van der Waals surface area (Å²) < 4.78 is 0. The van der Waals surface area contributed by atoms with Crippen LogP contribution in [0.4, 0.5) is 0 Å². The first kappa shape index (κ1) is 9.00. The van der Waals surface area contributed by atoms with Crippen molar-refractivity contribution in [1.29, 1.82) is 0 Å². The van der Waals surface area contributed by atoms with Gasteiger partial charge in [0.05, 0.1) is 0 Å². The Bertz CT molecular complexity index is 20.9. The molecular weight excluding hydrogens is 117 g/mol. The smallest absolute Gasteiger partial charge is 0.119 e. The average molecular weight is 123 g/mol. The molecule has 0 saturated heterocycles. The van der Waals surface area contributed by atoms with Crippen LogP contribution in [-0.4, -0.2) is 6.29 Å². The fraction of sp³-hybridized carbons (Fsp3) is 0.667. The summed E-state index contributed by atoms with van der Waals surface area (Å²) in [7, 11) is 0. The summed E-state index contributed by atoms with van der Waals surface area (Å²) in [6.45, 7) is 1.81. The average Bonchev–Trinajstić information content (AvgIpc) is 1.37. The van der Waals surface area contributed by atoms with Gasteiger partial charge in [0.2, 0.25) is 0 Å². The number of rotatable bonds is 1. The van der Waals surface area contributed by atoms with E-state index in [9.17, 15) is 4.79 Å². The van der Waals surface area contributed by atoms with Crippen molar-refractivity contribution in [2.24, 2.45) is 0 Å². The maximum Gasteiger partial charge on any atom is 0.119 e. The van der Waals surface area contributed by atoms with Gasteiger partial charge in [-0.25, -0.2) is 0 Å². The zero-order valence-corrected chi connectivity index (χ0v) is 6.37. The third-order valence-corrected chi connectivity index (χ3v) is 0.167. The van der Waals surface area contributed by atoms with E-state index in [1.807, 2.05) is 6.92 Å². The van der Waals surface area contributed by atoms with E-state index in [-0.39, 0.29) is 19.5 Å². The molecule has 0 fully saturated rings. The minimum atomic E-state index is 0. The number of carbonyl (C=O) groups excluding carboxylic acids is 1. The Balaban J connectivity index is 0. The Kier molecular flexibility index (Phi) is 15.9. The van der Waals surface area contributed by atoms with Crippen molar-refractivity contribution in [3.05, 3.63) is 0 Å². The predicted octanol–water partition coefficient (Wildman–Crippen LogP) is 0.593. The molecule has 0 aliphatic heterocycles. The molecule has 0 bridgehead atoms. The number of hydrogen-bond donors (Lipinski definition) is 0. The minimum Gasteiger partial charge on any atom is -0.303 e. The quantitative estimate of drug-likeness (QED) is 0.369. The van der Waals surface area contributed by atoms with Crippen LogP contribution < -0.4 is 0 Å². The van der Waals surface area contributed by atoms with Crippen molar-refractivity contribution in [3.8, 4) is 0 Å². The summed E-state index contributed by atoms with van der Waals surface area (Å²) in [5.74, 6) is 0. The molecular formula is C3H6OZn. The summed E-state index contributed by atoms with van der Waals surface area (Å²) in [5.41, 5.74) is 0. The van der Waals surface area contributed by atoms with Gasteiger partial charge in [0.15, 0.2) is 0 Å². The zero-order chi connectivity index (χ0) is 3.41. The molecule has 0 atom stereocenters. The molecule has 0 saturated carbocycles. The number of hydrogen-bond acceptors (Lipinski definition) is 1. The fourth-order valence-electron chi connectivity index (χ4n) is 0. The first-order valence-electron chi connectivity index (χ1n) is 1.35. The van der Waals surface area contributed by atoms with Crippen LogP contribution in [-0.2, 0) is 24.3 Å². The van der Waals surface area contributed by atoms with Crippen LogP contribution in [0.15, 0.2) is 0 Å². The summed E-state index contributed by atoms with van der Waals surface area (Å²) in [5, 5.41) is 0. The van der Waals surface area contributed by atoms with Crippen molar-refractivity contribution in [2.45, 2.75) is 13.3 Å². The molecule has 0 aromatic carbocycles. The topological polar surface area (TPSA) is 17.1 Å². The number of aldehydes is 1. The molecule has 0 heterocycles. The Labute approximate surface area is 44.5 Å². The summed E-state index contributed by atoms with van der Waals surface area (Å²) in [6, 6.07) is 0. The van der Waals surface area contributed by atoms with Crippen LogP contribution in [0.3, 0.4) is 0 Å². The van der Waals surface area contributed by atoms with E-state index in [1.165, 1.54) is 0 Å². The van der Waals surface area contributed by atoms with Gasteiger partial charge in [-0.05, 0) is 0 Å². The molecule has 0 aliphatic carbocycles. The Morgan fingerprint density at radius 2 is 2.00 bits per heavy atom. The summed E-state index contributed by atoms with van der Waals surface area (Å²) in [4.78, 5) is 9.17. The second kappa shape index (κ2) is 8.85. The molecule has 5 heavy (non-hydrogen) atoms. The molecule has 26 valence electrons. The van der Waals surface area contributed by atoms with E-state index in [0.717, 1.165) is 6.29 Å². The van der Waals surface area contributed by atoms with Crippen LogP contribution >= 0.6 is 0 Å². The normalized spacial score (nSPS) is 5.00. The standard InChI is InChI=1S/C3H6O.Zn/c1-2-3-4;/h3H,2H2,1H3;. The van der Waals surface area contributed by atoms with E-state index in [4.69, 9.17) is 0 Å². The van der Waals surface area contributed by atoms with Crippen molar-refractivity contribution < 1.29 is 24.3 Å². The molecule has 0 aromatic rings. The maximum absolute atomic E-state index is 9.17. The predicted molar refractivity (Wildman–Crippen MR) is 16.4 cm³/mol. The zero-order valence-electron chi connectivity index (χ0n) is 3.40. The molecule has 0 spiro atoms. The van der Waals surface area contributed by atoms with Crippen molar-refractivity contribution in [1.82, 2.24) is 0 Å². The molecule has 0 N–H and O–H groups in total. The van der Waals surface area contributed by atoms with Crippen molar-refractivity contribution >= 4 is 6.29 Å². The molecule has 0 aromatic heterocycles. The second-order valence-electron chi connectivity index (χ2n) is 0.575. The van der Waals surface area contributed by atoms with E-state index < -0.39 is 0 Å². The van der Waals surface area contributed by atoms with Gasteiger partial charge in [0.1, 0.15) is 6.29 Å². The molecule has 0 aliphatic rings. The van der Waals surface area contributed by atoms with Gasteiger partial charge < -0.3 is 4.79 Å². The minimum absolute atomic E-state index is 0. The SMILES string of the molecule is CCC=O.[Zn]. The number of carbonyl (C=O) groups is 1. The largest absolute Gasteiger partial charge is 0.303 e. The van der Waals surface area contributed by atoms with E-state index in [2.05, 4.69) is 0 Å². The van der Waals surface area contributed by atoms with Crippen LogP contribution in [0.2, 0.25) is 0 Å². The summed E-state index contributed by atoms with van der Waals surface area (Å²) >= 11 is 0. The van der Waals surface area contributed by atoms with E-state index >= 15 is 0 Å². The third-order valence-electron chi connectivity index (χ3n) is 0.167. The van der Waals surface area contributed by atoms with Crippen molar-refractivity contribution in [3.63, 3.8) is 0 Å². The molecule has 0 rings (SSSR count). The van der Waals surface area contributed by atoms with Crippen LogP contribution in [0.1, 0.15) is 13.3 Å². The van der Waals surface area contributed by atoms with Gasteiger partial charge >= 0.3 is 0 Å². The van der Waals surface area contributed by atoms with Crippen LogP contribution in [0, 0.1) is 0 Å². The maximum atomic E-state index is 9.17. The van der Waals surface area contributed by atoms with Crippen molar-refractivity contribution in [2.75, 3.05) is 0 Å². The Morgan fingerprint density at radius 3 is 2.00 bits per heavy atom. The van der Waals surface area contributed by atoms with Gasteiger partial charge in [-0.1, -0.05) is 6.92 Å². The van der Waals surface area contributed by atoms with Crippen LogP contribution in [0.5, 0.6) is 0 Å². The van der Waals surface area contributed by atoms with Gasteiger partial charge in [-0.3, -0.25) is 0 Å². The van der Waals surface area contributed by atoms with Gasteiger partial charge in [-0.15, -0.1) is 0 Å². The fourth-order valence-corrected chi connectivity index (χ4v) is 0. The molecule has 0 amide bonds. The molecule has 2 heteroatoms. The second-order valence-corrected chi connectivity index (χ2v) is 0.575.